The maximum Gasteiger partial charge on any atom is 0.129 e. The molecule has 3 aliphatic rings. The Morgan fingerprint density at radius 2 is 2.23 bits per heavy atom. The highest BCUT2D eigenvalue weighted by molar-refractivity contribution is 5.61. The minimum Gasteiger partial charge on any atom is -0.365 e. The van der Waals surface area contributed by atoms with Crippen LogP contribution in [-0.2, 0) is 6.42 Å². The molecular formula is C18H26N4. The van der Waals surface area contributed by atoms with Crippen LogP contribution in [0.25, 0.3) is 0 Å². The predicted molar refractivity (Wildman–Crippen MR) is 90.4 cm³/mol. The normalized spacial score (nSPS) is 33.8. The summed E-state index contributed by atoms with van der Waals surface area (Å²) in [5, 5.41) is 10.1. The van der Waals surface area contributed by atoms with E-state index in [1.54, 1.807) is 0 Å². The fraction of sp³-hybridized carbons (Fsp3) is 0.667. The lowest BCUT2D eigenvalue weighted by molar-refractivity contribution is 0.259. The lowest BCUT2D eigenvalue weighted by Crippen LogP contribution is -2.39. The highest BCUT2D eigenvalue weighted by Gasteiger charge is 2.33. The van der Waals surface area contributed by atoms with Crippen molar-refractivity contribution in [2.45, 2.75) is 63.5 Å². The van der Waals surface area contributed by atoms with Gasteiger partial charge in [0.1, 0.15) is 5.82 Å². The van der Waals surface area contributed by atoms with E-state index >= 15 is 0 Å². The lowest BCUT2D eigenvalue weighted by Gasteiger charge is -2.27. The number of hydrogen-bond acceptors (Lipinski definition) is 4. The van der Waals surface area contributed by atoms with Crippen molar-refractivity contribution < 1.29 is 0 Å². The minimum atomic E-state index is 0.440. The summed E-state index contributed by atoms with van der Waals surface area (Å²) in [7, 11) is 2.07. The number of likely N-dealkylation sites (N-methyl/N-ethyl adjacent to an activating group) is 1. The molecule has 0 saturated heterocycles. The molecule has 1 aromatic rings. The first-order valence-electron chi connectivity index (χ1n) is 8.71. The van der Waals surface area contributed by atoms with Gasteiger partial charge in [-0.1, -0.05) is 25.8 Å². The molecule has 2 aliphatic heterocycles. The van der Waals surface area contributed by atoms with Crippen LogP contribution in [0, 0.1) is 5.92 Å². The van der Waals surface area contributed by atoms with Crippen LogP contribution in [0.2, 0.25) is 0 Å². The van der Waals surface area contributed by atoms with Crippen molar-refractivity contribution in [2.75, 3.05) is 12.4 Å². The lowest BCUT2D eigenvalue weighted by atomic mass is 9.79. The Morgan fingerprint density at radius 3 is 3.00 bits per heavy atom. The van der Waals surface area contributed by atoms with Gasteiger partial charge in [0.25, 0.3) is 0 Å². The Morgan fingerprint density at radius 1 is 1.32 bits per heavy atom. The molecule has 4 nitrogen and oxygen atoms in total. The summed E-state index contributed by atoms with van der Waals surface area (Å²) < 4.78 is 0. The third-order valence-electron chi connectivity index (χ3n) is 5.71. The van der Waals surface area contributed by atoms with Crippen LogP contribution >= 0.6 is 0 Å². The second kappa shape index (κ2) is 5.56. The van der Waals surface area contributed by atoms with Crippen LogP contribution in [0.15, 0.2) is 17.4 Å². The Labute approximate surface area is 133 Å². The van der Waals surface area contributed by atoms with Gasteiger partial charge in [0.05, 0.1) is 12.1 Å². The van der Waals surface area contributed by atoms with Crippen molar-refractivity contribution in [1.82, 2.24) is 9.99 Å². The van der Waals surface area contributed by atoms with E-state index in [0.717, 1.165) is 30.5 Å². The van der Waals surface area contributed by atoms with E-state index in [0.29, 0.717) is 12.1 Å². The number of fused-ring (bicyclic) bond motifs is 1. The summed E-state index contributed by atoms with van der Waals surface area (Å²) in [6, 6.07) is 3.33. The van der Waals surface area contributed by atoms with Crippen LogP contribution in [0.1, 0.15) is 56.1 Å². The van der Waals surface area contributed by atoms with Gasteiger partial charge in [-0.25, -0.2) is 4.98 Å². The molecule has 1 saturated carbocycles. The van der Waals surface area contributed by atoms with E-state index < -0.39 is 0 Å². The summed E-state index contributed by atoms with van der Waals surface area (Å²) in [5.74, 6) is 2.68. The van der Waals surface area contributed by atoms with E-state index in [1.807, 2.05) is 6.21 Å². The number of nitrogens with one attached hydrogen (secondary N) is 1. The molecule has 1 aromatic heterocycles. The van der Waals surface area contributed by atoms with Crippen LogP contribution in [0.5, 0.6) is 0 Å². The van der Waals surface area contributed by atoms with Gasteiger partial charge < -0.3 is 5.32 Å². The molecular weight excluding hydrogens is 272 g/mol. The average molecular weight is 298 g/mol. The summed E-state index contributed by atoms with van der Waals surface area (Å²) in [6.45, 7) is 2.39. The smallest absolute Gasteiger partial charge is 0.129 e. The zero-order valence-corrected chi connectivity index (χ0v) is 13.6. The van der Waals surface area contributed by atoms with Crippen LogP contribution in [-0.4, -0.2) is 35.3 Å². The third kappa shape index (κ3) is 2.49. The first-order chi connectivity index (χ1) is 10.7. The molecule has 4 heteroatoms. The summed E-state index contributed by atoms with van der Waals surface area (Å²) in [6.07, 6.45) is 11.7. The van der Waals surface area contributed by atoms with E-state index in [2.05, 4.69) is 41.7 Å². The molecule has 0 amide bonds. The topological polar surface area (TPSA) is 40.5 Å². The summed E-state index contributed by atoms with van der Waals surface area (Å²) in [5.41, 5.74) is 2.87. The molecule has 0 aromatic carbocycles. The highest BCUT2D eigenvalue weighted by Crippen LogP contribution is 2.38. The number of hydrazone groups is 1. The molecule has 1 fully saturated rings. The Hall–Kier alpha value is -1.58. The van der Waals surface area contributed by atoms with E-state index in [9.17, 15) is 0 Å². The van der Waals surface area contributed by atoms with E-state index in [4.69, 9.17) is 4.98 Å². The second-order valence-corrected chi connectivity index (χ2v) is 7.37. The van der Waals surface area contributed by atoms with Crippen LogP contribution < -0.4 is 5.32 Å². The highest BCUT2D eigenvalue weighted by atomic mass is 15.5. The Balaban J connectivity index is 1.50. The fourth-order valence-corrected chi connectivity index (χ4v) is 4.42. The first kappa shape index (κ1) is 14.0. The molecule has 4 rings (SSSR count). The van der Waals surface area contributed by atoms with Gasteiger partial charge in [-0.3, -0.25) is 5.01 Å². The largest absolute Gasteiger partial charge is 0.365 e. The average Bonchev–Trinajstić information content (AvgIpc) is 3.11. The molecule has 0 spiro atoms. The SMILES string of the molecule is CC1CCCC(c2cnc3c(c2)CC([C@@H]2CC=NN2C)N3)C1. The fourth-order valence-electron chi connectivity index (χ4n) is 4.42. The summed E-state index contributed by atoms with van der Waals surface area (Å²) >= 11 is 0. The van der Waals surface area contributed by atoms with E-state index in [-0.39, 0.29) is 0 Å². The molecule has 0 radical (unpaired) electrons. The number of anilines is 1. The van der Waals surface area contributed by atoms with Crippen molar-refractivity contribution in [2.24, 2.45) is 11.0 Å². The zero-order valence-electron chi connectivity index (χ0n) is 13.6. The molecule has 4 atom stereocenters. The molecule has 1 aliphatic carbocycles. The van der Waals surface area contributed by atoms with Gasteiger partial charge in [-0.05, 0) is 42.2 Å². The monoisotopic (exact) mass is 298 g/mol. The number of aromatic nitrogens is 1. The van der Waals surface area contributed by atoms with Crippen molar-refractivity contribution in [3.8, 4) is 0 Å². The van der Waals surface area contributed by atoms with Crippen molar-refractivity contribution >= 4 is 12.0 Å². The van der Waals surface area contributed by atoms with Gasteiger partial charge in [0, 0.05) is 25.9 Å². The molecule has 1 N–H and O–H groups in total. The van der Waals surface area contributed by atoms with Crippen LogP contribution in [0.4, 0.5) is 5.82 Å². The van der Waals surface area contributed by atoms with E-state index in [1.165, 1.54) is 36.8 Å². The molecule has 3 unspecified atom stereocenters. The Kier molecular flexibility index (Phi) is 3.55. The van der Waals surface area contributed by atoms with Gasteiger partial charge >= 0.3 is 0 Å². The molecule has 0 bridgehead atoms. The maximum atomic E-state index is 4.74. The maximum absolute atomic E-state index is 4.74. The quantitative estimate of drug-likeness (QED) is 0.909. The number of pyridine rings is 1. The van der Waals surface area contributed by atoms with Crippen molar-refractivity contribution in [1.29, 1.82) is 0 Å². The van der Waals surface area contributed by atoms with Gasteiger partial charge in [-0.15, -0.1) is 0 Å². The van der Waals surface area contributed by atoms with Gasteiger partial charge in [0.15, 0.2) is 0 Å². The van der Waals surface area contributed by atoms with Gasteiger partial charge in [-0.2, -0.15) is 5.10 Å². The number of nitrogens with zero attached hydrogens (tertiary/aromatic N) is 3. The Bertz CT molecular complexity index is 582. The van der Waals surface area contributed by atoms with Crippen molar-refractivity contribution in [3.63, 3.8) is 0 Å². The number of rotatable bonds is 2. The van der Waals surface area contributed by atoms with Gasteiger partial charge in [0.2, 0.25) is 0 Å². The van der Waals surface area contributed by atoms with Crippen LogP contribution in [0.3, 0.4) is 0 Å². The first-order valence-corrected chi connectivity index (χ1v) is 8.71. The standard InChI is InChI=1S/C18H26N4/c1-12-4-3-5-13(8-12)15-9-14-10-16(21-18(14)19-11-15)17-6-7-20-22(17)2/h7,9,11-13,16-17H,3-6,8,10H2,1-2H3,(H,19,21)/t12?,13?,16?,17-/m0/s1. The minimum absolute atomic E-state index is 0.440. The molecule has 118 valence electrons. The summed E-state index contributed by atoms with van der Waals surface area (Å²) in [4.78, 5) is 4.74. The second-order valence-electron chi connectivity index (χ2n) is 7.37. The predicted octanol–water partition coefficient (Wildman–Crippen LogP) is 3.40. The zero-order chi connectivity index (χ0) is 15.1. The number of hydrogen-bond donors (Lipinski definition) is 1. The molecule has 22 heavy (non-hydrogen) atoms. The van der Waals surface area contributed by atoms with Crippen molar-refractivity contribution in [3.05, 3.63) is 23.4 Å². The third-order valence-corrected chi connectivity index (χ3v) is 5.71. The molecule has 3 heterocycles.